The summed E-state index contributed by atoms with van der Waals surface area (Å²) in [4.78, 5) is 27.6. The Balaban J connectivity index is 3.06. The van der Waals surface area contributed by atoms with Crippen molar-refractivity contribution in [2.45, 2.75) is 39.2 Å². The largest absolute Gasteiger partial charge is 0.469 e. The normalized spacial score (nSPS) is 12.5. The third kappa shape index (κ3) is 4.90. The van der Waals surface area contributed by atoms with Gasteiger partial charge in [0.15, 0.2) is 0 Å². The molecule has 116 valence electrons. The molecule has 1 amide bonds. The number of anilines is 1. The van der Waals surface area contributed by atoms with E-state index in [1.807, 2.05) is 0 Å². The molecule has 0 saturated heterocycles. The molecule has 21 heavy (non-hydrogen) atoms. The molecule has 1 rings (SSSR count). The van der Waals surface area contributed by atoms with E-state index < -0.39 is 23.6 Å². The van der Waals surface area contributed by atoms with Gasteiger partial charge in [0.25, 0.3) is 0 Å². The predicted octanol–water partition coefficient (Wildman–Crippen LogP) is 3.36. The third-order valence-corrected chi connectivity index (χ3v) is 2.84. The Hall–Kier alpha value is -1.82. The smallest absolute Gasteiger partial charge is 0.412 e. The highest BCUT2D eigenvalue weighted by Crippen LogP contribution is 2.30. The van der Waals surface area contributed by atoms with Crippen molar-refractivity contribution in [2.75, 3.05) is 12.4 Å². The van der Waals surface area contributed by atoms with E-state index >= 15 is 0 Å². The average molecular weight is 315 g/mol. The van der Waals surface area contributed by atoms with Gasteiger partial charge in [0.2, 0.25) is 0 Å². The van der Waals surface area contributed by atoms with Gasteiger partial charge in [-0.15, -0.1) is 0 Å². The zero-order valence-electron chi connectivity index (χ0n) is 12.7. The van der Waals surface area contributed by atoms with E-state index in [0.717, 1.165) is 0 Å². The second kappa shape index (κ2) is 6.76. The summed E-state index contributed by atoms with van der Waals surface area (Å²) in [7, 11) is 1.28. The molecule has 0 unspecified atom stereocenters. The van der Waals surface area contributed by atoms with Gasteiger partial charge in [0.05, 0.1) is 29.4 Å². The second-order valence-electron chi connectivity index (χ2n) is 5.42. The van der Waals surface area contributed by atoms with E-state index in [1.54, 1.807) is 27.7 Å². The highest BCUT2D eigenvalue weighted by atomic mass is 35.5. The number of hydrogen-bond acceptors (Lipinski definition) is 5. The maximum Gasteiger partial charge on any atom is 0.412 e. The van der Waals surface area contributed by atoms with E-state index in [9.17, 15) is 9.59 Å². The fourth-order valence-electron chi connectivity index (χ4n) is 1.60. The monoisotopic (exact) mass is 314 g/mol. The summed E-state index contributed by atoms with van der Waals surface area (Å²) in [5, 5.41) is 2.80. The maximum absolute atomic E-state index is 11.9. The maximum atomic E-state index is 11.9. The first-order chi connectivity index (χ1) is 9.65. The summed E-state index contributed by atoms with van der Waals surface area (Å²) in [6.45, 7) is 6.85. The minimum atomic E-state index is -0.671. The van der Waals surface area contributed by atoms with Crippen LogP contribution in [0.25, 0.3) is 0 Å². The quantitative estimate of drug-likeness (QED) is 0.866. The molecule has 0 aliphatic carbocycles. The summed E-state index contributed by atoms with van der Waals surface area (Å²) in [5.41, 5.74) is -0.0843. The first kappa shape index (κ1) is 17.2. The number of ether oxygens (including phenoxy) is 2. The van der Waals surface area contributed by atoms with Gasteiger partial charge in [-0.2, -0.15) is 0 Å². The van der Waals surface area contributed by atoms with Crippen LogP contribution < -0.4 is 5.32 Å². The van der Waals surface area contributed by atoms with Crippen molar-refractivity contribution in [2.24, 2.45) is 0 Å². The van der Waals surface area contributed by atoms with Crippen LogP contribution in [-0.4, -0.2) is 29.8 Å². The summed E-state index contributed by atoms with van der Waals surface area (Å²) in [6.07, 6.45) is 0.785. The van der Waals surface area contributed by atoms with E-state index in [0.29, 0.717) is 5.69 Å². The highest BCUT2D eigenvalue weighted by molar-refractivity contribution is 6.33. The number of amides is 1. The van der Waals surface area contributed by atoms with Crippen molar-refractivity contribution in [3.8, 4) is 0 Å². The first-order valence-electron chi connectivity index (χ1n) is 6.38. The van der Waals surface area contributed by atoms with Crippen LogP contribution in [0.5, 0.6) is 0 Å². The minimum absolute atomic E-state index is 0.242. The molecule has 6 nitrogen and oxygen atoms in total. The van der Waals surface area contributed by atoms with Crippen LogP contribution in [0.1, 0.15) is 39.3 Å². The van der Waals surface area contributed by atoms with Gasteiger partial charge >= 0.3 is 12.1 Å². The Morgan fingerprint density at radius 3 is 2.52 bits per heavy atom. The van der Waals surface area contributed by atoms with Gasteiger partial charge in [-0.25, -0.2) is 4.79 Å². The molecule has 0 aliphatic heterocycles. The fraction of sp³-hybridized carbons (Fsp3) is 0.500. The number of pyridine rings is 1. The molecule has 0 fully saturated rings. The van der Waals surface area contributed by atoms with Crippen LogP contribution in [0.4, 0.5) is 10.5 Å². The number of carbonyl (C=O) groups excluding carboxylic acids is 2. The van der Waals surface area contributed by atoms with Crippen LogP contribution in [0.15, 0.2) is 12.3 Å². The van der Waals surface area contributed by atoms with Crippen molar-refractivity contribution >= 4 is 29.4 Å². The number of carbonyl (C=O) groups is 2. The van der Waals surface area contributed by atoms with Crippen LogP contribution >= 0.6 is 11.6 Å². The lowest BCUT2D eigenvalue weighted by Gasteiger charge is -2.21. The molecular weight excluding hydrogens is 296 g/mol. The summed E-state index contributed by atoms with van der Waals surface area (Å²) in [5.74, 6) is -1.14. The van der Waals surface area contributed by atoms with Crippen LogP contribution in [-0.2, 0) is 14.3 Å². The van der Waals surface area contributed by atoms with Crippen LogP contribution in [0.2, 0.25) is 5.02 Å². The number of esters is 1. The summed E-state index contributed by atoms with van der Waals surface area (Å²) in [6, 6.07) is 1.52. The molecular formula is C14H19ClN2O4. The van der Waals surface area contributed by atoms with E-state index in [1.165, 1.54) is 19.4 Å². The Kier molecular flexibility index (Phi) is 5.54. The van der Waals surface area contributed by atoms with Crippen molar-refractivity contribution in [1.82, 2.24) is 4.98 Å². The van der Waals surface area contributed by atoms with Gasteiger partial charge in [-0.05, 0) is 33.8 Å². The Bertz CT molecular complexity index is 540. The number of hydrogen-bond donors (Lipinski definition) is 1. The van der Waals surface area contributed by atoms with E-state index in [2.05, 4.69) is 15.0 Å². The van der Waals surface area contributed by atoms with Crippen molar-refractivity contribution in [3.05, 3.63) is 23.0 Å². The first-order valence-corrected chi connectivity index (χ1v) is 6.75. The molecule has 0 radical (unpaired) electrons. The lowest BCUT2D eigenvalue weighted by Crippen LogP contribution is -2.28. The van der Waals surface area contributed by atoms with E-state index in [-0.39, 0.29) is 10.7 Å². The molecule has 0 spiro atoms. The Labute approximate surface area is 128 Å². The lowest BCUT2D eigenvalue weighted by molar-refractivity contribution is -0.142. The summed E-state index contributed by atoms with van der Waals surface area (Å²) >= 11 is 6.07. The van der Waals surface area contributed by atoms with Gasteiger partial charge < -0.3 is 9.47 Å². The lowest BCUT2D eigenvalue weighted by atomic mass is 10.1. The number of halogens is 1. The SMILES string of the molecule is COC(=O)[C@@H](C)c1nccc(Cl)c1NC(=O)OC(C)(C)C. The average Bonchev–Trinajstić information content (AvgIpc) is 2.37. The minimum Gasteiger partial charge on any atom is -0.469 e. The third-order valence-electron chi connectivity index (χ3n) is 2.52. The van der Waals surface area contributed by atoms with Gasteiger partial charge in [0.1, 0.15) is 5.60 Å². The standard InChI is InChI=1S/C14H19ClN2O4/c1-8(12(18)20-5)10-11(9(15)6-7-16-10)17-13(19)21-14(2,3)4/h6-8H,1-5H3,(H,17,19)/t8-/m0/s1. The molecule has 1 N–H and O–H groups in total. The van der Waals surface area contributed by atoms with Crippen molar-refractivity contribution in [3.63, 3.8) is 0 Å². The molecule has 0 bridgehead atoms. The number of aromatic nitrogens is 1. The zero-order valence-corrected chi connectivity index (χ0v) is 13.4. The van der Waals surface area contributed by atoms with Crippen molar-refractivity contribution < 1.29 is 19.1 Å². The molecule has 7 heteroatoms. The van der Waals surface area contributed by atoms with Crippen LogP contribution in [0, 0.1) is 0 Å². The molecule has 0 saturated carbocycles. The second-order valence-corrected chi connectivity index (χ2v) is 5.83. The number of nitrogens with one attached hydrogen (secondary N) is 1. The predicted molar refractivity (Wildman–Crippen MR) is 79.5 cm³/mol. The van der Waals surface area contributed by atoms with Gasteiger partial charge in [0, 0.05) is 6.20 Å². The number of nitrogens with zero attached hydrogens (tertiary/aromatic N) is 1. The topological polar surface area (TPSA) is 77.5 Å². The number of methoxy groups -OCH3 is 1. The fourth-order valence-corrected chi connectivity index (χ4v) is 1.80. The molecule has 0 aliphatic rings. The highest BCUT2D eigenvalue weighted by Gasteiger charge is 2.25. The molecule has 1 atom stereocenters. The summed E-state index contributed by atoms with van der Waals surface area (Å²) < 4.78 is 9.85. The number of rotatable bonds is 3. The molecule has 1 heterocycles. The molecule has 1 aromatic rings. The molecule has 1 aromatic heterocycles. The van der Waals surface area contributed by atoms with Gasteiger partial charge in [-0.1, -0.05) is 11.6 Å². The Morgan fingerprint density at radius 1 is 1.38 bits per heavy atom. The van der Waals surface area contributed by atoms with Crippen LogP contribution in [0.3, 0.4) is 0 Å². The Morgan fingerprint density at radius 2 is 2.00 bits per heavy atom. The van der Waals surface area contributed by atoms with Crippen molar-refractivity contribution in [1.29, 1.82) is 0 Å². The zero-order chi connectivity index (χ0) is 16.2. The molecule has 0 aromatic carbocycles. The van der Waals surface area contributed by atoms with E-state index in [4.69, 9.17) is 16.3 Å². The van der Waals surface area contributed by atoms with Gasteiger partial charge in [-0.3, -0.25) is 15.1 Å².